The number of carbonyl (C=O) groups is 1. The maximum absolute atomic E-state index is 12.8. The number of rotatable bonds is 3. The molecular weight excluding hydrogens is 328 g/mol. The van der Waals surface area contributed by atoms with Crippen LogP contribution in [0.4, 0.5) is 5.82 Å². The molecule has 0 spiro atoms. The van der Waals surface area contributed by atoms with E-state index < -0.39 is 0 Å². The zero-order chi connectivity index (χ0) is 17.8. The molecule has 2 saturated heterocycles. The van der Waals surface area contributed by atoms with Gasteiger partial charge < -0.3 is 14.5 Å². The van der Waals surface area contributed by atoms with Crippen LogP contribution in [-0.2, 0) is 9.53 Å². The monoisotopic (exact) mass is 352 g/mol. The van der Waals surface area contributed by atoms with E-state index in [0.29, 0.717) is 26.3 Å². The maximum atomic E-state index is 12.8. The van der Waals surface area contributed by atoms with E-state index >= 15 is 0 Å². The van der Waals surface area contributed by atoms with Crippen LogP contribution in [0.2, 0.25) is 0 Å². The Labute approximate surface area is 153 Å². The molecule has 1 aromatic carbocycles. The topological polar surface area (TPSA) is 58.6 Å². The average Bonchev–Trinajstić information content (AvgIpc) is 2.75. The second-order valence-corrected chi connectivity index (χ2v) is 6.87. The molecule has 1 aromatic heterocycles. The van der Waals surface area contributed by atoms with E-state index in [1.54, 1.807) is 0 Å². The fourth-order valence-corrected chi connectivity index (χ4v) is 3.69. The van der Waals surface area contributed by atoms with Crippen molar-refractivity contribution in [3.8, 4) is 11.3 Å². The molecular formula is C20H24N4O2. The molecule has 0 saturated carbocycles. The highest BCUT2D eigenvalue weighted by molar-refractivity contribution is 5.80. The first-order valence-electron chi connectivity index (χ1n) is 9.32. The Morgan fingerprint density at radius 1 is 1.00 bits per heavy atom. The van der Waals surface area contributed by atoms with Crippen LogP contribution in [0.1, 0.15) is 12.8 Å². The molecule has 1 atom stereocenters. The van der Waals surface area contributed by atoms with Gasteiger partial charge in [0, 0.05) is 31.7 Å². The summed E-state index contributed by atoms with van der Waals surface area (Å²) in [5.74, 6) is 1.15. The molecule has 2 aromatic rings. The van der Waals surface area contributed by atoms with E-state index in [0.717, 1.165) is 43.0 Å². The number of amides is 1. The van der Waals surface area contributed by atoms with Crippen molar-refractivity contribution in [3.63, 3.8) is 0 Å². The molecule has 2 aliphatic rings. The van der Waals surface area contributed by atoms with Crippen LogP contribution in [0.3, 0.4) is 0 Å². The molecule has 0 N–H and O–H groups in total. The van der Waals surface area contributed by atoms with Crippen LogP contribution in [-0.4, -0.2) is 60.4 Å². The Morgan fingerprint density at radius 2 is 1.81 bits per heavy atom. The minimum Gasteiger partial charge on any atom is -0.378 e. The summed E-state index contributed by atoms with van der Waals surface area (Å²) < 4.78 is 5.35. The third-order valence-electron chi connectivity index (χ3n) is 5.14. The van der Waals surface area contributed by atoms with Crippen molar-refractivity contribution in [1.29, 1.82) is 0 Å². The van der Waals surface area contributed by atoms with E-state index in [1.807, 2.05) is 47.4 Å². The lowest BCUT2D eigenvalue weighted by atomic mass is 9.96. The van der Waals surface area contributed by atoms with Crippen molar-refractivity contribution in [2.75, 3.05) is 44.3 Å². The molecule has 2 fully saturated rings. The minimum absolute atomic E-state index is 0.0393. The molecule has 0 radical (unpaired) electrons. The number of morpholine rings is 1. The van der Waals surface area contributed by atoms with Gasteiger partial charge in [0.1, 0.15) is 0 Å². The van der Waals surface area contributed by atoms with Gasteiger partial charge >= 0.3 is 0 Å². The SMILES string of the molecule is O=C([C@@H]1CCCN(c2ccc(-c3ccccc3)nn2)C1)N1CCOCC1. The average molecular weight is 352 g/mol. The molecule has 26 heavy (non-hydrogen) atoms. The summed E-state index contributed by atoms with van der Waals surface area (Å²) in [4.78, 5) is 16.9. The third kappa shape index (κ3) is 3.70. The number of benzene rings is 1. The van der Waals surface area contributed by atoms with E-state index in [9.17, 15) is 4.79 Å². The van der Waals surface area contributed by atoms with Gasteiger partial charge in [-0.15, -0.1) is 10.2 Å². The molecule has 1 amide bonds. The van der Waals surface area contributed by atoms with E-state index in [1.165, 1.54) is 0 Å². The highest BCUT2D eigenvalue weighted by Gasteiger charge is 2.30. The molecule has 136 valence electrons. The number of ether oxygens (including phenoxy) is 1. The molecule has 4 rings (SSSR count). The Hall–Kier alpha value is -2.47. The Morgan fingerprint density at radius 3 is 2.54 bits per heavy atom. The highest BCUT2D eigenvalue weighted by atomic mass is 16.5. The summed E-state index contributed by atoms with van der Waals surface area (Å²) in [7, 11) is 0. The van der Waals surface area contributed by atoms with Gasteiger partial charge in [-0.05, 0) is 25.0 Å². The van der Waals surface area contributed by atoms with E-state index in [-0.39, 0.29) is 11.8 Å². The second-order valence-electron chi connectivity index (χ2n) is 6.87. The fraction of sp³-hybridized carbons (Fsp3) is 0.450. The number of aromatic nitrogens is 2. The summed E-state index contributed by atoms with van der Waals surface area (Å²) >= 11 is 0. The predicted molar refractivity (Wildman–Crippen MR) is 99.8 cm³/mol. The largest absolute Gasteiger partial charge is 0.378 e. The van der Waals surface area contributed by atoms with E-state index in [2.05, 4.69) is 15.1 Å². The van der Waals surface area contributed by atoms with Gasteiger partial charge in [0.25, 0.3) is 0 Å². The zero-order valence-electron chi connectivity index (χ0n) is 14.9. The van der Waals surface area contributed by atoms with E-state index in [4.69, 9.17) is 4.74 Å². The number of nitrogens with zero attached hydrogens (tertiary/aromatic N) is 4. The smallest absolute Gasteiger partial charge is 0.227 e. The van der Waals surface area contributed by atoms with Crippen molar-refractivity contribution in [3.05, 3.63) is 42.5 Å². The van der Waals surface area contributed by atoms with Crippen LogP contribution in [0.5, 0.6) is 0 Å². The summed E-state index contributed by atoms with van der Waals surface area (Å²) in [6, 6.07) is 14.1. The lowest BCUT2D eigenvalue weighted by molar-refractivity contribution is -0.139. The predicted octanol–water partition coefficient (Wildman–Crippen LogP) is 2.22. The molecule has 6 nitrogen and oxygen atoms in total. The lowest BCUT2D eigenvalue weighted by Crippen LogP contribution is -2.48. The fourth-order valence-electron chi connectivity index (χ4n) is 3.69. The van der Waals surface area contributed by atoms with Crippen molar-refractivity contribution < 1.29 is 9.53 Å². The van der Waals surface area contributed by atoms with Gasteiger partial charge in [0.15, 0.2) is 5.82 Å². The summed E-state index contributed by atoms with van der Waals surface area (Å²) in [6.45, 7) is 4.35. The number of piperidine rings is 1. The molecule has 2 aliphatic heterocycles. The Bertz CT molecular complexity index is 729. The Kier molecular flexibility index (Phi) is 5.11. The molecule has 6 heteroatoms. The second kappa shape index (κ2) is 7.83. The van der Waals surface area contributed by atoms with Crippen LogP contribution in [0, 0.1) is 5.92 Å². The number of hydrogen-bond acceptors (Lipinski definition) is 5. The first kappa shape index (κ1) is 17.0. The van der Waals surface area contributed by atoms with Crippen LogP contribution >= 0.6 is 0 Å². The van der Waals surface area contributed by atoms with Crippen molar-refractivity contribution in [2.45, 2.75) is 12.8 Å². The Balaban J connectivity index is 1.43. The zero-order valence-corrected chi connectivity index (χ0v) is 14.9. The normalized spacial score (nSPS) is 20.8. The summed E-state index contributed by atoms with van der Waals surface area (Å²) in [6.07, 6.45) is 1.95. The minimum atomic E-state index is 0.0393. The van der Waals surface area contributed by atoms with Gasteiger partial charge in [-0.25, -0.2) is 0 Å². The van der Waals surface area contributed by atoms with Crippen LogP contribution < -0.4 is 4.90 Å². The molecule has 0 unspecified atom stereocenters. The van der Waals surface area contributed by atoms with Gasteiger partial charge in [0.05, 0.1) is 24.8 Å². The number of carbonyl (C=O) groups excluding carboxylic acids is 1. The van der Waals surface area contributed by atoms with Crippen molar-refractivity contribution in [1.82, 2.24) is 15.1 Å². The van der Waals surface area contributed by atoms with Gasteiger partial charge in [0.2, 0.25) is 5.91 Å². The molecule has 0 aliphatic carbocycles. The number of hydrogen-bond donors (Lipinski definition) is 0. The highest BCUT2D eigenvalue weighted by Crippen LogP contribution is 2.24. The quantitative estimate of drug-likeness (QED) is 0.848. The first-order valence-corrected chi connectivity index (χ1v) is 9.32. The van der Waals surface area contributed by atoms with Crippen LogP contribution in [0.25, 0.3) is 11.3 Å². The third-order valence-corrected chi connectivity index (χ3v) is 5.14. The standard InChI is InChI=1S/C20H24N4O2/c25-20(23-11-13-26-14-12-23)17-7-4-10-24(15-17)19-9-8-18(21-22-19)16-5-2-1-3-6-16/h1-3,5-6,8-9,17H,4,7,10-15H2/t17-/m1/s1. The summed E-state index contributed by atoms with van der Waals surface area (Å²) in [5, 5.41) is 8.80. The van der Waals surface area contributed by atoms with Crippen molar-refractivity contribution >= 4 is 11.7 Å². The van der Waals surface area contributed by atoms with Gasteiger partial charge in [-0.3, -0.25) is 4.79 Å². The van der Waals surface area contributed by atoms with Crippen molar-refractivity contribution in [2.24, 2.45) is 5.92 Å². The lowest BCUT2D eigenvalue weighted by Gasteiger charge is -2.36. The maximum Gasteiger partial charge on any atom is 0.227 e. The van der Waals surface area contributed by atoms with Crippen LogP contribution in [0.15, 0.2) is 42.5 Å². The summed E-state index contributed by atoms with van der Waals surface area (Å²) in [5.41, 5.74) is 1.93. The van der Waals surface area contributed by atoms with Gasteiger partial charge in [-0.2, -0.15) is 0 Å². The van der Waals surface area contributed by atoms with Gasteiger partial charge in [-0.1, -0.05) is 30.3 Å². The number of anilines is 1. The molecule has 0 bridgehead atoms. The molecule has 3 heterocycles. The first-order chi connectivity index (χ1) is 12.8.